The molecule has 1 saturated carbocycles. The van der Waals surface area contributed by atoms with Gasteiger partial charge in [0.15, 0.2) is 0 Å². The highest BCUT2D eigenvalue weighted by Crippen LogP contribution is 2.30. The van der Waals surface area contributed by atoms with Gasteiger partial charge in [0, 0.05) is 19.8 Å². The van der Waals surface area contributed by atoms with Crippen molar-refractivity contribution in [2.75, 3.05) is 26.3 Å². The molecule has 1 heterocycles. The monoisotopic (exact) mass is 395 g/mol. The van der Waals surface area contributed by atoms with E-state index in [9.17, 15) is 0 Å². The molecule has 3 heteroatoms. The maximum Gasteiger partial charge on any atom is 0.120 e. The van der Waals surface area contributed by atoms with Crippen LogP contribution in [0.2, 0.25) is 0 Å². The van der Waals surface area contributed by atoms with Crippen LogP contribution in [-0.2, 0) is 11.3 Å². The Bertz CT molecular complexity index is 760. The summed E-state index contributed by atoms with van der Waals surface area (Å²) in [6.07, 6.45) is 10.3. The second-order valence-corrected chi connectivity index (χ2v) is 9.02. The van der Waals surface area contributed by atoms with Crippen LogP contribution in [0, 0.1) is 5.92 Å². The lowest BCUT2D eigenvalue weighted by molar-refractivity contribution is 0.0595. The fourth-order valence-electron chi connectivity index (χ4n) is 4.82. The quantitative estimate of drug-likeness (QED) is 0.497. The minimum absolute atomic E-state index is 0.355. The van der Waals surface area contributed by atoms with Gasteiger partial charge in [0.25, 0.3) is 0 Å². The molecular formula is C26H37NO2. The van der Waals surface area contributed by atoms with E-state index < -0.39 is 0 Å². The number of likely N-dealkylation sites (tertiary alicyclic amines) is 1. The molecule has 2 aliphatic rings. The molecule has 3 nitrogen and oxygen atoms in total. The molecule has 0 atom stereocenters. The van der Waals surface area contributed by atoms with E-state index >= 15 is 0 Å². The van der Waals surface area contributed by atoms with E-state index in [0.717, 1.165) is 50.7 Å². The smallest absolute Gasteiger partial charge is 0.120 e. The molecule has 4 rings (SSSR count). The molecule has 0 aromatic heterocycles. The highest BCUT2D eigenvalue weighted by atomic mass is 16.5. The van der Waals surface area contributed by atoms with E-state index in [0.29, 0.717) is 6.10 Å². The maximum absolute atomic E-state index is 6.34. The number of ether oxygens (including phenoxy) is 2. The summed E-state index contributed by atoms with van der Waals surface area (Å²) in [6.45, 7) is 7.57. The van der Waals surface area contributed by atoms with Crippen LogP contribution < -0.4 is 4.74 Å². The van der Waals surface area contributed by atoms with E-state index in [-0.39, 0.29) is 0 Å². The van der Waals surface area contributed by atoms with Gasteiger partial charge in [-0.1, -0.05) is 31.5 Å². The van der Waals surface area contributed by atoms with Crippen LogP contribution in [0.1, 0.15) is 63.9 Å². The molecule has 158 valence electrons. The summed E-state index contributed by atoms with van der Waals surface area (Å²) in [5.41, 5.74) is 1.43. The Morgan fingerprint density at radius 1 is 0.897 bits per heavy atom. The first-order valence-electron chi connectivity index (χ1n) is 11.8. The number of rotatable bonds is 8. The van der Waals surface area contributed by atoms with Crippen molar-refractivity contribution in [2.45, 2.75) is 70.9 Å². The summed E-state index contributed by atoms with van der Waals surface area (Å²) >= 11 is 0. The third kappa shape index (κ3) is 5.96. The van der Waals surface area contributed by atoms with Gasteiger partial charge in [0.1, 0.15) is 5.75 Å². The van der Waals surface area contributed by atoms with E-state index in [2.05, 4.69) is 48.2 Å². The lowest BCUT2D eigenvalue weighted by atomic mass is 9.88. The Morgan fingerprint density at radius 3 is 2.45 bits per heavy atom. The number of piperidine rings is 1. The molecule has 0 radical (unpaired) electrons. The van der Waals surface area contributed by atoms with Gasteiger partial charge >= 0.3 is 0 Å². The zero-order chi connectivity index (χ0) is 19.9. The Labute approximate surface area is 176 Å². The highest BCUT2D eigenvalue weighted by Gasteiger charge is 2.22. The first kappa shape index (κ1) is 20.7. The summed E-state index contributed by atoms with van der Waals surface area (Å²) in [7, 11) is 0. The molecule has 0 N–H and O–H groups in total. The van der Waals surface area contributed by atoms with Crippen LogP contribution in [0.4, 0.5) is 0 Å². The number of hydrogen-bond donors (Lipinski definition) is 0. The van der Waals surface area contributed by atoms with Crippen LogP contribution in [0.5, 0.6) is 5.75 Å². The van der Waals surface area contributed by atoms with Crippen LogP contribution in [-0.4, -0.2) is 37.3 Å². The van der Waals surface area contributed by atoms with E-state index in [1.807, 2.05) is 0 Å². The minimum Gasteiger partial charge on any atom is -0.490 e. The molecule has 1 saturated heterocycles. The minimum atomic E-state index is 0.355. The normalized spacial score (nSPS) is 23.3. The molecule has 0 spiro atoms. The summed E-state index contributed by atoms with van der Waals surface area (Å²) in [5.74, 6) is 1.74. The summed E-state index contributed by atoms with van der Waals surface area (Å²) in [5, 5.41) is 2.61. The van der Waals surface area contributed by atoms with Crippen LogP contribution in [0.15, 0.2) is 36.4 Å². The van der Waals surface area contributed by atoms with Crippen LogP contribution >= 0.6 is 0 Å². The van der Waals surface area contributed by atoms with Crippen molar-refractivity contribution in [1.82, 2.24) is 4.90 Å². The fraction of sp³-hybridized carbons (Fsp3) is 0.615. The second kappa shape index (κ2) is 10.4. The average molecular weight is 396 g/mol. The third-order valence-corrected chi connectivity index (χ3v) is 6.53. The topological polar surface area (TPSA) is 21.7 Å². The van der Waals surface area contributed by atoms with Crippen molar-refractivity contribution < 1.29 is 9.47 Å². The average Bonchev–Trinajstić information content (AvgIpc) is 2.76. The predicted octanol–water partition coefficient (Wildman–Crippen LogP) is 6.19. The first-order chi connectivity index (χ1) is 14.3. The Kier molecular flexibility index (Phi) is 7.45. The van der Waals surface area contributed by atoms with Crippen molar-refractivity contribution in [2.24, 2.45) is 5.92 Å². The van der Waals surface area contributed by atoms with Crippen molar-refractivity contribution in [3.8, 4) is 5.75 Å². The molecule has 0 bridgehead atoms. The van der Waals surface area contributed by atoms with Crippen molar-refractivity contribution in [3.05, 3.63) is 42.0 Å². The Morgan fingerprint density at radius 2 is 1.66 bits per heavy atom. The summed E-state index contributed by atoms with van der Waals surface area (Å²) in [6, 6.07) is 13.5. The highest BCUT2D eigenvalue weighted by molar-refractivity contribution is 5.84. The molecule has 1 aliphatic heterocycles. The van der Waals surface area contributed by atoms with Gasteiger partial charge in [-0.25, -0.2) is 0 Å². The van der Waals surface area contributed by atoms with Crippen LogP contribution in [0.25, 0.3) is 10.8 Å². The lowest BCUT2D eigenvalue weighted by Gasteiger charge is -2.29. The first-order valence-corrected chi connectivity index (χ1v) is 11.8. The zero-order valence-electron chi connectivity index (χ0n) is 18.1. The van der Waals surface area contributed by atoms with E-state index in [4.69, 9.17) is 9.47 Å². The van der Waals surface area contributed by atoms with Gasteiger partial charge in [-0.15, -0.1) is 0 Å². The van der Waals surface area contributed by atoms with Gasteiger partial charge < -0.3 is 9.47 Å². The van der Waals surface area contributed by atoms with Gasteiger partial charge in [0.2, 0.25) is 0 Å². The Hall–Kier alpha value is -1.58. The standard InChI is InChI=1S/C26H37NO2/c1-2-16-28-20-21-7-11-25(12-8-21)29-26-13-10-23-17-22(6-9-24(23)18-26)19-27-14-4-3-5-15-27/h6,9-10,13,17-18,21,25H,2-5,7-8,11-12,14-16,19-20H2,1H3. The maximum atomic E-state index is 6.34. The van der Waals surface area contributed by atoms with E-state index in [1.165, 1.54) is 61.5 Å². The number of benzene rings is 2. The number of hydrogen-bond acceptors (Lipinski definition) is 3. The van der Waals surface area contributed by atoms with Crippen molar-refractivity contribution in [1.29, 1.82) is 0 Å². The molecule has 1 aliphatic carbocycles. The Balaban J connectivity index is 1.30. The zero-order valence-corrected chi connectivity index (χ0v) is 18.1. The predicted molar refractivity (Wildman–Crippen MR) is 121 cm³/mol. The van der Waals surface area contributed by atoms with Gasteiger partial charge in [-0.2, -0.15) is 0 Å². The molecule has 29 heavy (non-hydrogen) atoms. The van der Waals surface area contributed by atoms with Crippen LogP contribution in [0.3, 0.4) is 0 Å². The second-order valence-electron chi connectivity index (χ2n) is 9.02. The fourth-order valence-corrected chi connectivity index (χ4v) is 4.82. The van der Waals surface area contributed by atoms with Crippen molar-refractivity contribution in [3.63, 3.8) is 0 Å². The SMILES string of the molecule is CCCOCC1CCC(Oc2ccc3cc(CN4CCCCC4)ccc3c2)CC1. The molecule has 2 aromatic carbocycles. The molecular weight excluding hydrogens is 358 g/mol. The van der Waals surface area contributed by atoms with Crippen molar-refractivity contribution >= 4 is 10.8 Å². The third-order valence-electron chi connectivity index (χ3n) is 6.53. The van der Waals surface area contributed by atoms with Gasteiger partial charge in [-0.05, 0) is 98.5 Å². The summed E-state index contributed by atoms with van der Waals surface area (Å²) < 4.78 is 12.1. The van der Waals surface area contributed by atoms with Gasteiger partial charge in [-0.3, -0.25) is 4.90 Å². The number of nitrogens with zero attached hydrogens (tertiary/aromatic N) is 1. The molecule has 0 unspecified atom stereocenters. The summed E-state index contributed by atoms with van der Waals surface area (Å²) in [4.78, 5) is 2.59. The van der Waals surface area contributed by atoms with E-state index in [1.54, 1.807) is 0 Å². The molecule has 2 fully saturated rings. The number of fused-ring (bicyclic) bond motifs is 1. The van der Waals surface area contributed by atoms with Gasteiger partial charge in [0.05, 0.1) is 6.10 Å². The lowest BCUT2D eigenvalue weighted by Crippen LogP contribution is -2.29. The molecule has 0 amide bonds. The molecule has 2 aromatic rings. The largest absolute Gasteiger partial charge is 0.490 e.